The molecular weight excluding hydrogens is 323 g/mol. The van der Waals surface area contributed by atoms with E-state index in [1.807, 2.05) is 36.5 Å². The zero-order valence-electron chi connectivity index (χ0n) is 12.3. The number of amides is 1. The number of benzene rings is 1. The van der Waals surface area contributed by atoms with Gasteiger partial charge in [0, 0.05) is 43.5 Å². The van der Waals surface area contributed by atoms with E-state index in [0.717, 1.165) is 19.5 Å². The van der Waals surface area contributed by atoms with E-state index in [-0.39, 0.29) is 30.7 Å². The van der Waals surface area contributed by atoms with Crippen LogP contribution in [-0.4, -0.2) is 33.7 Å². The third kappa shape index (κ3) is 3.72. The zero-order valence-corrected chi connectivity index (χ0v) is 13.9. The number of aromatic nitrogens is 2. The smallest absolute Gasteiger partial charge is 0.253 e. The quantitative estimate of drug-likeness (QED) is 0.852. The molecule has 1 saturated heterocycles. The first-order valence-corrected chi connectivity index (χ1v) is 6.77. The number of anilines is 1. The molecule has 0 saturated carbocycles. The van der Waals surface area contributed by atoms with Crippen LogP contribution < -0.4 is 5.73 Å². The molecule has 0 aliphatic carbocycles. The fraction of sp³-hybridized carbons (Fsp3) is 0.333. The molecule has 2 heterocycles. The Morgan fingerprint density at radius 2 is 2.14 bits per heavy atom. The van der Waals surface area contributed by atoms with Crippen molar-refractivity contribution in [3.8, 4) is 0 Å². The van der Waals surface area contributed by atoms with Crippen LogP contribution in [0, 0.1) is 0 Å². The van der Waals surface area contributed by atoms with Gasteiger partial charge in [-0.05, 0) is 30.2 Å². The Bertz CT molecular complexity index is 644. The second-order valence-corrected chi connectivity index (χ2v) is 5.31. The second kappa shape index (κ2) is 7.51. The van der Waals surface area contributed by atoms with Gasteiger partial charge in [-0.1, -0.05) is 6.07 Å². The molecule has 1 aliphatic rings. The van der Waals surface area contributed by atoms with E-state index in [2.05, 4.69) is 5.10 Å². The maximum absolute atomic E-state index is 12.4. The number of nitrogens with two attached hydrogens (primary N) is 1. The van der Waals surface area contributed by atoms with Crippen molar-refractivity contribution < 1.29 is 4.79 Å². The van der Waals surface area contributed by atoms with E-state index < -0.39 is 0 Å². The summed E-state index contributed by atoms with van der Waals surface area (Å²) < 4.78 is 1.80. The SMILES string of the molecule is Cl.Cl.Cn1cc(C2CCN(C(=O)c3cccc(N)c3)C2)cn1. The molecule has 1 atom stereocenters. The molecule has 2 aromatic rings. The summed E-state index contributed by atoms with van der Waals surface area (Å²) in [4.78, 5) is 14.3. The fourth-order valence-electron chi connectivity index (χ4n) is 2.72. The minimum atomic E-state index is 0. The number of nitrogen functional groups attached to an aromatic ring is 1. The topological polar surface area (TPSA) is 64.2 Å². The Kier molecular flexibility index (Phi) is 6.26. The molecule has 1 aromatic heterocycles. The van der Waals surface area contributed by atoms with Crippen molar-refractivity contribution in [3.05, 3.63) is 47.8 Å². The average molecular weight is 343 g/mol. The molecule has 0 bridgehead atoms. The number of rotatable bonds is 2. The first kappa shape index (κ1) is 18.3. The Hall–Kier alpha value is -1.72. The minimum Gasteiger partial charge on any atom is -0.399 e. The van der Waals surface area contributed by atoms with E-state index in [9.17, 15) is 4.79 Å². The molecule has 22 heavy (non-hydrogen) atoms. The van der Waals surface area contributed by atoms with Gasteiger partial charge >= 0.3 is 0 Å². The predicted octanol–water partition coefficient (Wildman–Crippen LogP) is 2.48. The number of halogens is 2. The third-order valence-electron chi connectivity index (χ3n) is 3.81. The van der Waals surface area contributed by atoms with Gasteiger partial charge in [0.1, 0.15) is 0 Å². The number of nitrogens with zero attached hydrogens (tertiary/aromatic N) is 3. The van der Waals surface area contributed by atoms with Crippen LogP contribution in [0.2, 0.25) is 0 Å². The zero-order chi connectivity index (χ0) is 14.1. The molecule has 1 fully saturated rings. The van der Waals surface area contributed by atoms with Crippen LogP contribution in [0.3, 0.4) is 0 Å². The number of hydrogen-bond donors (Lipinski definition) is 1. The fourth-order valence-corrected chi connectivity index (χ4v) is 2.72. The summed E-state index contributed by atoms with van der Waals surface area (Å²) in [6.45, 7) is 1.53. The molecule has 1 amide bonds. The van der Waals surface area contributed by atoms with Crippen molar-refractivity contribution in [1.29, 1.82) is 0 Å². The second-order valence-electron chi connectivity index (χ2n) is 5.31. The lowest BCUT2D eigenvalue weighted by Gasteiger charge is -2.16. The van der Waals surface area contributed by atoms with Gasteiger partial charge in [0.25, 0.3) is 5.91 Å². The van der Waals surface area contributed by atoms with Crippen molar-refractivity contribution >= 4 is 36.4 Å². The standard InChI is InChI=1S/C15H18N4O.2ClH/c1-18-9-13(8-17-18)12-5-6-19(10-12)15(20)11-3-2-4-14(16)7-11;;/h2-4,7-9,12H,5-6,10,16H2,1H3;2*1H. The summed E-state index contributed by atoms with van der Waals surface area (Å²) >= 11 is 0. The minimum absolute atomic E-state index is 0. The van der Waals surface area contributed by atoms with Crippen LogP contribution in [-0.2, 0) is 7.05 Å². The normalized spacial score (nSPS) is 16.8. The van der Waals surface area contributed by atoms with E-state index in [4.69, 9.17) is 5.73 Å². The molecular formula is C15H20Cl2N4O. The number of hydrogen-bond acceptors (Lipinski definition) is 3. The van der Waals surface area contributed by atoms with Crippen molar-refractivity contribution in [2.24, 2.45) is 7.05 Å². The molecule has 120 valence electrons. The van der Waals surface area contributed by atoms with Crippen LogP contribution in [0.5, 0.6) is 0 Å². The van der Waals surface area contributed by atoms with Gasteiger partial charge in [0.15, 0.2) is 0 Å². The highest BCUT2D eigenvalue weighted by molar-refractivity contribution is 5.95. The van der Waals surface area contributed by atoms with E-state index >= 15 is 0 Å². The van der Waals surface area contributed by atoms with Crippen LogP contribution in [0.4, 0.5) is 5.69 Å². The largest absolute Gasteiger partial charge is 0.399 e. The number of carbonyl (C=O) groups is 1. The summed E-state index contributed by atoms with van der Waals surface area (Å²) in [7, 11) is 1.91. The molecule has 1 unspecified atom stereocenters. The summed E-state index contributed by atoms with van der Waals surface area (Å²) in [5.74, 6) is 0.442. The Morgan fingerprint density at radius 3 is 2.77 bits per heavy atom. The molecule has 1 aliphatic heterocycles. The maximum Gasteiger partial charge on any atom is 0.253 e. The van der Waals surface area contributed by atoms with Crippen LogP contribution in [0.25, 0.3) is 0 Å². The Labute approximate surface area is 142 Å². The first-order chi connectivity index (χ1) is 9.63. The van der Waals surface area contributed by atoms with Gasteiger partial charge in [0.2, 0.25) is 0 Å². The summed E-state index contributed by atoms with van der Waals surface area (Å²) in [5, 5.41) is 4.20. The number of likely N-dealkylation sites (tertiary alicyclic amines) is 1. The molecule has 0 spiro atoms. The molecule has 3 rings (SSSR count). The summed E-state index contributed by atoms with van der Waals surface area (Å²) in [6, 6.07) is 7.16. The Morgan fingerprint density at radius 1 is 1.36 bits per heavy atom. The molecule has 1 aromatic carbocycles. The van der Waals surface area contributed by atoms with Crippen molar-refractivity contribution in [1.82, 2.24) is 14.7 Å². The lowest BCUT2D eigenvalue weighted by molar-refractivity contribution is 0.0791. The lowest BCUT2D eigenvalue weighted by atomic mass is 10.0. The molecule has 5 nitrogen and oxygen atoms in total. The molecule has 7 heteroatoms. The summed E-state index contributed by atoms with van der Waals surface area (Å²) in [6.07, 6.45) is 4.90. The highest BCUT2D eigenvalue weighted by atomic mass is 35.5. The van der Waals surface area contributed by atoms with Crippen molar-refractivity contribution in [3.63, 3.8) is 0 Å². The van der Waals surface area contributed by atoms with Crippen LogP contribution >= 0.6 is 24.8 Å². The van der Waals surface area contributed by atoms with Gasteiger partial charge in [-0.2, -0.15) is 5.10 Å². The predicted molar refractivity (Wildman–Crippen MR) is 91.8 cm³/mol. The van der Waals surface area contributed by atoms with Crippen molar-refractivity contribution in [2.45, 2.75) is 12.3 Å². The van der Waals surface area contributed by atoms with E-state index in [1.54, 1.807) is 16.8 Å². The Balaban J connectivity index is 0.00000121. The lowest BCUT2D eigenvalue weighted by Crippen LogP contribution is -2.28. The van der Waals surface area contributed by atoms with Crippen LogP contribution in [0.15, 0.2) is 36.7 Å². The first-order valence-electron chi connectivity index (χ1n) is 6.77. The van der Waals surface area contributed by atoms with E-state index in [1.165, 1.54) is 5.56 Å². The van der Waals surface area contributed by atoms with Gasteiger partial charge in [-0.25, -0.2) is 0 Å². The summed E-state index contributed by atoms with van der Waals surface area (Å²) in [5.41, 5.74) is 8.23. The van der Waals surface area contributed by atoms with Crippen LogP contribution in [0.1, 0.15) is 28.3 Å². The number of aryl methyl sites for hydroxylation is 1. The van der Waals surface area contributed by atoms with Gasteiger partial charge < -0.3 is 10.6 Å². The van der Waals surface area contributed by atoms with Crippen molar-refractivity contribution in [2.75, 3.05) is 18.8 Å². The van der Waals surface area contributed by atoms with Gasteiger partial charge in [-0.15, -0.1) is 24.8 Å². The highest BCUT2D eigenvalue weighted by Gasteiger charge is 2.28. The van der Waals surface area contributed by atoms with E-state index in [0.29, 0.717) is 17.2 Å². The molecule has 2 N–H and O–H groups in total. The monoisotopic (exact) mass is 342 g/mol. The third-order valence-corrected chi connectivity index (χ3v) is 3.81. The average Bonchev–Trinajstić information content (AvgIpc) is 3.06. The number of carbonyl (C=O) groups excluding carboxylic acids is 1. The van der Waals surface area contributed by atoms with Gasteiger partial charge in [0.05, 0.1) is 6.20 Å². The van der Waals surface area contributed by atoms with Gasteiger partial charge in [-0.3, -0.25) is 9.48 Å². The molecule has 0 radical (unpaired) electrons. The highest BCUT2D eigenvalue weighted by Crippen LogP contribution is 2.27. The maximum atomic E-state index is 12.4.